The van der Waals surface area contributed by atoms with Gasteiger partial charge in [-0.3, -0.25) is 10.1 Å². The molecule has 0 aliphatic carbocycles. The lowest BCUT2D eigenvalue weighted by atomic mass is 10.2. The molecule has 0 aromatic heterocycles. The molecule has 6 nitrogen and oxygen atoms in total. The number of nitro groups is 1. The van der Waals surface area contributed by atoms with Crippen molar-refractivity contribution in [3.8, 4) is 5.75 Å². The van der Waals surface area contributed by atoms with Gasteiger partial charge >= 0.3 is 5.69 Å². The van der Waals surface area contributed by atoms with Gasteiger partial charge < -0.3 is 15.4 Å². The van der Waals surface area contributed by atoms with Crippen molar-refractivity contribution in [3.05, 3.63) is 51.0 Å². The van der Waals surface area contributed by atoms with Crippen LogP contribution >= 0.6 is 15.9 Å². The first kappa shape index (κ1) is 15.1. The second-order valence-corrected chi connectivity index (χ2v) is 5.09. The van der Waals surface area contributed by atoms with Crippen LogP contribution in [0.2, 0.25) is 0 Å². The lowest BCUT2D eigenvalue weighted by Crippen LogP contribution is -2.02. The van der Waals surface area contributed by atoms with E-state index in [4.69, 9.17) is 4.74 Å². The lowest BCUT2D eigenvalue weighted by Gasteiger charge is -2.13. The van der Waals surface area contributed by atoms with Crippen LogP contribution in [0.25, 0.3) is 0 Å². The van der Waals surface area contributed by atoms with Crippen molar-refractivity contribution in [2.45, 2.75) is 0 Å². The summed E-state index contributed by atoms with van der Waals surface area (Å²) in [7, 11) is 3.19. The normalized spacial score (nSPS) is 10.0. The molecule has 2 aromatic rings. The van der Waals surface area contributed by atoms with Gasteiger partial charge in [0.15, 0.2) is 0 Å². The van der Waals surface area contributed by atoms with Gasteiger partial charge in [0.25, 0.3) is 0 Å². The lowest BCUT2D eigenvalue weighted by molar-refractivity contribution is -0.383. The number of halogens is 1. The second kappa shape index (κ2) is 6.45. The van der Waals surface area contributed by atoms with Crippen LogP contribution in [0.5, 0.6) is 5.75 Å². The average molecular weight is 352 g/mol. The van der Waals surface area contributed by atoms with Crippen LogP contribution in [0.15, 0.2) is 40.9 Å². The highest BCUT2D eigenvalue weighted by Gasteiger charge is 2.19. The zero-order valence-corrected chi connectivity index (χ0v) is 13.1. The Kier molecular flexibility index (Phi) is 4.64. The van der Waals surface area contributed by atoms with Gasteiger partial charge in [-0.1, -0.05) is 22.0 Å². The van der Waals surface area contributed by atoms with E-state index in [0.29, 0.717) is 22.8 Å². The van der Waals surface area contributed by atoms with Crippen LogP contribution in [-0.4, -0.2) is 19.1 Å². The molecule has 0 heterocycles. The number of anilines is 3. The minimum absolute atomic E-state index is 0.0120. The molecule has 21 heavy (non-hydrogen) atoms. The monoisotopic (exact) mass is 351 g/mol. The summed E-state index contributed by atoms with van der Waals surface area (Å²) >= 11 is 3.37. The zero-order valence-electron chi connectivity index (χ0n) is 11.5. The molecule has 0 saturated carbocycles. The Morgan fingerprint density at radius 2 is 1.90 bits per heavy atom. The first-order valence-electron chi connectivity index (χ1n) is 6.12. The van der Waals surface area contributed by atoms with Gasteiger partial charge in [0, 0.05) is 11.5 Å². The number of hydrogen-bond donors (Lipinski definition) is 2. The number of rotatable bonds is 5. The molecule has 0 aliphatic heterocycles. The summed E-state index contributed by atoms with van der Waals surface area (Å²) in [5.41, 5.74) is 1.47. The molecular weight excluding hydrogens is 338 g/mol. The van der Waals surface area contributed by atoms with Gasteiger partial charge in [0.1, 0.15) is 17.1 Å². The number of benzene rings is 2. The van der Waals surface area contributed by atoms with Gasteiger partial charge in [-0.2, -0.15) is 0 Å². The largest absolute Gasteiger partial charge is 0.495 e. The fourth-order valence-corrected chi connectivity index (χ4v) is 2.33. The molecule has 0 unspecified atom stereocenters. The first-order valence-corrected chi connectivity index (χ1v) is 6.92. The highest BCUT2D eigenvalue weighted by Crippen LogP contribution is 2.37. The smallest absolute Gasteiger partial charge is 0.315 e. The average Bonchev–Trinajstić information content (AvgIpc) is 2.47. The van der Waals surface area contributed by atoms with E-state index in [1.807, 2.05) is 6.07 Å². The molecule has 0 fully saturated rings. The molecule has 0 aliphatic rings. The third kappa shape index (κ3) is 3.25. The Hall–Kier alpha value is -2.28. The maximum atomic E-state index is 11.3. The van der Waals surface area contributed by atoms with Crippen molar-refractivity contribution >= 4 is 38.7 Å². The predicted octanol–water partition coefficient (Wildman–Crippen LogP) is 4.15. The van der Waals surface area contributed by atoms with Crippen molar-refractivity contribution in [2.24, 2.45) is 0 Å². The van der Waals surface area contributed by atoms with E-state index in [9.17, 15) is 10.1 Å². The van der Waals surface area contributed by atoms with Crippen molar-refractivity contribution in [2.75, 3.05) is 24.8 Å². The summed E-state index contributed by atoms with van der Waals surface area (Å²) in [5, 5.41) is 17.2. The Morgan fingerprint density at radius 1 is 1.19 bits per heavy atom. The second-order valence-electron chi connectivity index (χ2n) is 4.18. The quantitative estimate of drug-likeness (QED) is 0.624. The van der Waals surface area contributed by atoms with Crippen molar-refractivity contribution in [3.63, 3.8) is 0 Å². The number of methoxy groups -OCH3 is 1. The first-order chi connectivity index (χ1) is 10.1. The number of hydrogen-bond acceptors (Lipinski definition) is 5. The predicted molar refractivity (Wildman–Crippen MR) is 86.6 cm³/mol. The molecule has 0 saturated heterocycles. The number of nitrogens with one attached hydrogen (secondary N) is 2. The van der Waals surface area contributed by atoms with Gasteiger partial charge in [0.05, 0.1) is 17.7 Å². The van der Waals surface area contributed by atoms with E-state index in [2.05, 4.69) is 26.6 Å². The highest BCUT2D eigenvalue weighted by molar-refractivity contribution is 9.10. The molecule has 0 atom stereocenters. The summed E-state index contributed by atoms with van der Waals surface area (Å²) in [6, 6.07) is 10.5. The Morgan fingerprint density at radius 3 is 2.52 bits per heavy atom. The van der Waals surface area contributed by atoms with Gasteiger partial charge in [-0.15, -0.1) is 0 Å². The van der Waals surface area contributed by atoms with Crippen LogP contribution in [0.1, 0.15) is 0 Å². The van der Waals surface area contributed by atoms with E-state index in [1.54, 1.807) is 44.5 Å². The number of ether oxygens (including phenoxy) is 1. The number of para-hydroxylation sites is 1. The third-order valence-corrected chi connectivity index (χ3v) is 3.41. The molecule has 2 N–H and O–H groups in total. The Labute approximate surface area is 130 Å². The van der Waals surface area contributed by atoms with E-state index in [0.717, 1.165) is 4.47 Å². The fraction of sp³-hybridized carbons (Fsp3) is 0.143. The maximum Gasteiger partial charge on any atom is 0.315 e. The van der Waals surface area contributed by atoms with Gasteiger partial charge in [0.2, 0.25) is 0 Å². The highest BCUT2D eigenvalue weighted by atomic mass is 79.9. The van der Waals surface area contributed by atoms with Crippen molar-refractivity contribution in [1.82, 2.24) is 0 Å². The fourth-order valence-electron chi connectivity index (χ4n) is 1.97. The zero-order chi connectivity index (χ0) is 15.4. The van der Waals surface area contributed by atoms with Crippen LogP contribution in [-0.2, 0) is 0 Å². The van der Waals surface area contributed by atoms with Crippen molar-refractivity contribution < 1.29 is 9.66 Å². The summed E-state index contributed by atoms with van der Waals surface area (Å²) in [5.74, 6) is 0.599. The number of nitrogens with zero attached hydrogens (tertiary/aromatic N) is 1. The summed E-state index contributed by atoms with van der Waals surface area (Å²) in [4.78, 5) is 10.9. The van der Waals surface area contributed by atoms with E-state index in [1.165, 1.54) is 0 Å². The van der Waals surface area contributed by atoms with E-state index < -0.39 is 4.92 Å². The van der Waals surface area contributed by atoms with Crippen LogP contribution in [0.4, 0.5) is 22.7 Å². The topological polar surface area (TPSA) is 76.4 Å². The van der Waals surface area contributed by atoms with Crippen LogP contribution in [0, 0.1) is 10.1 Å². The molecule has 110 valence electrons. The molecule has 7 heteroatoms. The molecule has 0 amide bonds. The summed E-state index contributed by atoms with van der Waals surface area (Å²) < 4.78 is 6.11. The molecule has 0 bridgehead atoms. The SMILES string of the molecule is CNc1cccc(Nc2cc(Br)ccc2OC)c1[N+](=O)[O-]. The van der Waals surface area contributed by atoms with Gasteiger partial charge in [-0.25, -0.2) is 0 Å². The van der Waals surface area contributed by atoms with Crippen LogP contribution < -0.4 is 15.4 Å². The van der Waals surface area contributed by atoms with E-state index in [-0.39, 0.29) is 5.69 Å². The Balaban J connectivity index is 2.49. The molecular formula is C14H14BrN3O3. The molecule has 2 rings (SSSR count). The summed E-state index contributed by atoms with van der Waals surface area (Å²) in [6.07, 6.45) is 0. The molecule has 0 spiro atoms. The standard InChI is InChI=1S/C14H14BrN3O3/c1-16-10-4-3-5-11(14(10)18(19)20)17-12-8-9(15)6-7-13(12)21-2/h3-8,16-17H,1-2H3. The molecule has 0 radical (unpaired) electrons. The minimum atomic E-state index is -0.418. The number of nitro benzene ring substituents is 1. The molecule has 2 aromatic carbocycles. The van der Waals surface area contributed by atoms with Crippen molar-refractivity contribution in [1.29, 1.82) is 0 Å². The third-order valence-electron chi connectivity index (χ3n) is 2.92. The Bertz CT molecular complexity index is 677. The van der Waals surface area contributed by atoms with Crippen LogP contribution in [0.3, 0.4) is 0 Å². The summed E-state index contributed by atoms with van der Waals surface area (Å²) in [6.45, 7) is 0. The van der Waals surface area contributed by atoms with Gasteiger partial charge in [-0.05, 0) is 30.3 Å². The maximum absolute atomic E-state index is 11.3. The minimum Gasteiger partial charge on any atom is -0.495 e. The van der Waals surface area contributed by atoms with E-state index >= 15 is 0 Å².